The summed E-state index contributed by atoms with van der Waals surface area (Å²) in [6.45, 7) is 1.75. The molecule has 0 bridgehead atoms. The van der Waals surface area contributed by atoms with Gasteiger partial charge >= 0.3 is 0 Å². The molecule has 2 N–H and O–H groups in total. The molecular formula is C10H14N2O3S. The van der Waals surface area contributed by atoms with E-state index in [-0.39, 0.29) is 10.8 Å². The number of anilines is 1. The molecule has 88 valence electrons. The van der Waals surface area contributed by atoms with Crippen LogP contribution in [0.3, 0.4) is 0 Å². The summed E-state index contributed by atoms with van der Waals surface area (Å²) in [4.78, 5) is 11.2. The lowest BCUT2D eigenvalue weighted by Crippen LogP contribution is -2.18. The lowest BCUT2D eigenvalue weighted by atomic mass is 10.3. The van der Waals surface area contributed by atoms with Crippen molar-refractivity contribution in [3.05, 3.63) is 24.3 Å². The molecule has 0 aliphatic carbocycles. The molecule has 0 spiro atoms. The van der Waals surface area contributed by atoms with Gasteiger partial charge in [-0.2, -0.15) is 0 Å². The fourth-order valence-corrected chi connectivity index (χ4v) is 1.81. The molecule has 16 heavy (non-hydrogen) atoms. The van der Waals surface area contributed by atoms with Crippen molar-refractivity contribution in [2.24, 2.45) is 0 Å². The van der Waals surface area contributed by atoms with E-state index in [4.69, 9.17) is 0 Å². The zero-order valence-electron chi connectivity index (χ0n) is 9.15. The Kier molecular flexibility index (Phi) is 4.03. The van der Waals surface area contributed by atoms with Gasteiger partial charge in [0.2, 0.25) is 15.9 Å². The van der Waals surface area contributed by atoms with E-state index in [9.17, 15) is 13.2 Å². The molecule has 1 aromatic rings. The summed E-state index contributed by atoms with van der Waals surface area (Å²) in [6, 6.07) is 5.99. The number of rotatable bonds is 4. The number of sulfonamides is 1. The summed E-state index contributed by atoms with van der Waals surface area (Å²) in [5, 5.41) is 2.63. The Balaban J connectivity index is 2.88. The summed E-state index contributed by atoms with van der Waals surface area (Å²) in [6.07, 6.45) is 0.385. The molecule has 0 aromatic heterocycles. The van der Waals surface area contributed by atoms with Gasteiger partial charge in [0.25, 0.3) is 0 Å². The molecular weight excluding hydrogens is 228 g/mol. The van der Waals surface area contributed by atoms with Crippen LogP contribution in [-0.2, 0) is 14.8 Å². The van der Waals surface area contributed by atoms with Gasteiger partial charge in [-0.3, -0.25) is 4.79 Å². The van der Waals surface area contributed by atoms with Gasteiger partial charge in [-0.15, -0.1) is 0 Å². The van der Waals surface area contributed by atoms with Crippen molar-refractivity contribution < 1.29 is 13.2 Å². The van der Waals surface area contributed by atoms with Gasteiger partial charge in [0.05, 0.1) is 4.90 Å². The fourth-order valence-electron chi connectivity index (χ4n) is 1.08. The second kappa shape index (κ2) is 5.09. The van der Waals surface area contributed by atoms with E-state index in [1.807, 2.05) is 0 Å². The van der Waals surface area contributed by atoms with Crippen molar-refractivity contribution in [1.29, 1.82) is 0 Å². The second-order valence-electron chi connectivity index (χ2n) is 3.13. The highest BCUT2D eigenvalue weighted by atomic mass is 32.2. The topological polar surface area (TPSA) is 75.3 Å². The predicted molar refractivity (Wildman–Crippen MR) is 61.6 cm³/mol. The Morgan fingerprint density at radius 3 is 2.25 bits per heavy atom. The van der Waals surface area contributed by atoms with Crippen LogP contribution in [0.15, 0.2) is 29.2 Å². The molecule has 0 radical (unpaired) electrons. The molecule has 0 saturated heterocycles. The van der Waals surface area contributed by atoms with Crippen molar-refractivity contribution in [2.45, 2.75) is 18.2 Å². The van der Waals surface area contributed by atoms with Crippen molar-refractivity contribution >= 4 is 21.6 Å². The Morgan fingerprint density at radius 2 is 1.81 bits per heavy atom. The quantitative estimate of drug-likeness (QED) is 0.825. The average molecular weight is 242 g/mol. The lowest BCUT2D eigenvalue weighted by molar-refractivity contribution is -0.115. The van der Waals surface area contributed by atoms with E-state index in [0.717, 1.165) is 0 Å². The molecule has 1 aromatic carbocycles. The number of nitrogens with one attached hydrogen (secondary N) is 2. The van der Waals surface area contributed by atoms with Gasteiger partial charge in [0, 0.05) is 12.1 Å². The molecule has 1 amide bonds. The summed E-state index contributed by atoms with van der Waals surface area (Å²) >= 11 is 0. The summed E-state index contributed by atoms with van der Waals surface area (Å²) in [5.41, 5.74) is 0.585. The number of amides is 1. The molecule has 0 fully saturated rings. The number of hydrogen-bond donors (Lipinski definition) is 2. The molecule has 0 atom stereocenters. The first-order valence-corrected chi connectivity index (χ1v) is 6.31. The zero-order chi connectivity index (χ0) is 12.2. The molecule has 0 aliphatic heterocycles. The highest BCUT2D eigenvalue weighted by Crippen LogP contribution is 2.13. The minimum atomic E-state index is -3.41. The third-order valence-corrected chi connectivity index (χ3v) is 3.47. The minimum absolute atomic E-state index is 0.107. The smallest absolute Gasteiger partial charge is 0.240 e. The monoisotopic (exact) mass is 242 g/mol. The van der Waals surface area contributed by atoms with Crippen LogP contribution in [0.1, 0.15) is 13.3 Å². The Labute approximate surface area is 94.9 Å². The second-order valence-corrected chi connectivity index (χ2v) is 5.02. The fraction of sp³-hybridized carbons (Fsp3) is 0.300. The van der Waals surface area contributed by atoms with Crippen LogP contribution in [0.5, 0.6) is 0 Å². The molecule has 0 unspecified atom stereocenters. The van der Waals surface area contributed by atoms with E-state index in [1.165, 1.54) is 19.2 Å². The van der Waals surface area contributed by atoms with Gasteiger partial charge in [-0.05, 0) is 31.3 Å². The normalized spacial score (nSPS) is 11.1. The minimum Gasteiger partial charge on any atom is -0.326 e. The zero-order valence-corrected chi connectivity index (χ0v) is 9.97. The van der Waals surface area contributed by atoms with E-state index >= 15 is 0 Å². The maximum absolute atomic E-state index is 11.4. The standard InChI is InChI=1S/C10H14N2O3S/c1-3-10(13)12-8-4-6-9(7-5-8)16(14,15)11-2/h4-7,11H,3H2,1-2H3,(H,12,13). The summed E-state index contributed by atoms with van der Waals surface area (Å²) in [7, 11) is -2.06. The van der Waals surface area contributed by atoms with Gasteiger partial charge < -0.3 is 5.32 Å². The first kappa shape index (κ1) is 12.7. The highest BCUT2D eigenvalue weighted by Gasteiger charge is 2.10. The van der Waals surface area contributed by atoms with Crippen molar-refractivity contribution in [2.75, 3.05) is 12.4 Å². The first-order valence-electron chi connectivity index (χ1n) is 4.83. The number of hydrogen-bond acceptors (Lipinski definition) is 3. The van der Waals surface area contributed by atoms with Gasteiger partial charge in [0.1, 0.15) is 0 Å². The maximum Gasteiger partial charge on any atom is 0.240 e. The SMILES string of the molecule is CCC(=O)Nc1ccc(S(=O)(=O)NC)cc1. The lowest BCUT2D eigenvalue weighted by Gasteiger charge is -2.05. The first-order chi connectivity index (χ1) is 7.49. The van der Waals surface area contributed by atoms with Crippen LogP contribution in [0, 0.1) is 0 Å². The van der Waals surface area contributed by atoms with Gasteiger partial charge in [0.15, 0.2) is 0 Å². The van der Waals surface area contributed by atoms with Crippen LogP contribution < -0.4 is 10.0 Å². The molecule has 6 heteroatoms. The molecule has 0 aliphatic rings. The van der Waals surface area contributed by atoms with Crippen molar-refractivity contribution in [3.63, 3.8) is 0 Å². The van der Waals surface area contributed by atoms with Crippen LogP contribution in [0.25, 0.3) is 0 Å². The Morgan fingerprint density at radius 1 is 1.25 bits per heavy atom. The van der Waals surface area contributed by atoms with Gasteiger partial charge in [-0.1, -0.05) is 6.92 Å². The van der Waals surface area contributed by atoms with E-state index in [1.54, 1.807) is 19.1 Å². The van der Waals surface area contributed by atoms with Gasteiger partial charge in [-0.25, -0.2) is 13.1 Å². The molecule has 0 saturated carbocycles. The highest BCUT2D eigenvalue weighted by molar-refractivity contribution is 7.89. The number of carbonyl (C=O) groups excluding carboxylic acids is 1. The van der Waals surface area contributed by atoms with Crippen molar-refractivity contribution in [1.82, 2.24) is 4.72 Å². The van der Waals surface area contributed by atoms with Crippen LogP contribution in [-0.4, -0.2) is 21.4 Å². The Hall–Kier alpha value is -1.40. The maximum atomic E-state index is 11.4. The largest absolute Gasteiger partial charge is 0.326 e. The van der Waals surface area contributed by atoms with Crippen LogP contribution >= 0.6 is 0 Å². The summed E-state index contributed by atoms with van der Waals surface area (Å²) < 4.78 is 25.0. The van der Waals surface area contributed by atoms with E-state index in [0.29, 0.717) is 12.1 Å². The van der Waals surface area contributed by atoms with E-state index in [2.05, 4.69) is 10.0 Å². The summed E-state index contributed by atoms with van der Waals surface area (Å²) in [5.74, 6) is -0.107. The Bertz CT molecular complexity index is 465. The third-order valence-electron chi connectivity index (χ3n) is 2.04. The number of carbonyl (C=O) groups is 1. The van der Waals surface area contributed by atoms with E-state index < -0.39 is 10.0 Å². The molecule has 0 heterocycles. The third kappa shape index (κ3) is 3.04. The predicted octanol–water partition coefficient (Wildman–Crippen LogP) is 0.943. The molecule has 5 nitrogen and oxygen atoms in total. The average Bonchev–Trinajstić information content (AvgIpc) is 2.29. The number of benzene rings is 1. The van der Waals surface area contributed by atoms with Crippen LogP contribution in [0.4, 0.5) is 5.69 Å². The van der Waals surface area contributed by atoms with Crippen molar-refractivity contribution in [3.8, 4) is 0 Å². The molecule has 1 rings (SSSR count). The van der Waals surface area contributed by atoms with Crippen LogP contribution in [0.2, 0.25) is 0 Å².